The lowest BCUT2D eigenvalue weighted by Crippen LogP contribution is -2.37. The van der Waals surface area contributed by atoms with E-state index in [1.807, 2.05) is 58.1 Å². The number of benzene rings is 2. The summed E-state index contributed by atoms with van der Waals surface area (Å²) in [7, 11) is 0. The number of ether oxygens (including phenoxy) is 2. The first-order valence-electron chi connectivity index (χ1n) is 11.8. The second-order valence-corrected chi connectivity index (χ2v) is 8.71. The summed E-state index contributed by atoms with van der Waals surface area (Å²) in [4.78, 5) is 27.6. The molecule has 8 heteroatoms. The average molecular weight is 471 g/mol. The van der Waals surface area contributed by atoms with E-state index in [1.165, 1.54) is 6.42 Å². The largest absolute Gasteiger partial charge is 0.454 e. The van der Waals surface area contributed by atoms with E-state index in [2.05, 4.69) is 5.32 Å². The standard InChI is InChI=1S/C27H26N4O4/c28-14-20(27(33)29-15-19-8-9-24-25(12-19)35-18-34-24)13-21-16-31(23-7-3-2-6-22(21)23)17-26(32)30-10-4-1-5-11-30/h2-3,6-9,12-13,16H,1,4-5,10-11,15,17-18H2,(H,29,33). The van der Waals surface area contributed by atoms with Crippen molar-refractivity contribution in [3.63, 3.8) is 0 Å². The molecule has 0 spiro atoms. The minimum Gasteiger partial charge on any atom is -0.454 e. The zero-order valence-corrected chi connectivity index (χ0v) is 19.3. The van der Waals surface area contributed by atoms with Gasteiger partial charge < -0.3 is 24.3 Å². The molecular weight excluding hydrogens is 444 g/mol. The van der Waals surface area contributed by atoms with Crippen molar-refractivity contribution in [3.8, 4) is 17.6 Å². The minimum absolute atomic E-state index is 0.00370. The molecule has 0 atom stereocenters. The van der Waals surface area contributed by atoms with Crippen molar-refractivity contribution in [3.05, 3.63) is 65.4 Å². The molecule has 1 N–H and O–H groups in total. The van der Waals surface area contributed by atoms with Crippen LogP contribution in [0.3, 0.4) is 0 Å². The number of rotatable bonds is 6. The SMILES string of the molecule is N#CC(=Cc1cn(CC(=O)N2CCCCC2)c2ccccc12)C(=O)NCc1ccc2c(c1)OCO2. The number of carbonyl (C=O) groups is 2. The fraction of sp³-hybridized carbons (Fsp3) is 0.296. The van der Waals surface area contributed by atoms with E-state index in [0.717, 1.165) is 48.0 Å². The Kier molecular flexibility index (Phi) is 6.40. The van der Waals surface area contributed by atoms with Gasteiger partial charge in [-0.05, 0) is 49.1 Å². The van der Waals surface area contributed by atoms with Gasteiger partial charge in [0, 0.05) is 42.3 Å². The van der Waals surface area contributed by atoms with E-state index in [4.69, 9.17) is 9.47 Å². The lowest BCUT2D eigenvalue weighted by Gasteiger charge is -2.27. The molecule has 8 nitrogen and oxygen atoms in total. The number of fused-ring (bicyclic) bond motifs is 2. The molecule has 0 bridgehead atoms. The van der Waals surface area contributed by atoms with Gasteiger partial charge in [-0.15, -0.1) is 0 Å². The first-order valence-corrected chi connectivity index (χ1v) is 11.8. The van der Waals surface area contributed by atoms with Crippen LogP contribution in [-0.4, -0.2) is 41.2 Å². The van der Waals surface area contributed by atoms with E-state index in [-0.39, 0.29) is 31.4 Å². The maximum atomic E-state index is 12.9. The van der Waals surface area contributed by atoms with Crippen molar-refractivity contribution in [1.29, 1.82) is 5.26 Å². The predicted octanol–water partition coefficient (Wildman–Crippen LogP) is 3.61. The number of hydrogen-bond acceptors (Lipinski definition) is 5. The highest BCUT2D eigenvalue weighted by atomic mass is 16.7. The van der Waals surface area contributed by atoms with Gasteiger partial charge in [-0.1, -0.05) is 24.3 Å². The minimum atomic E-state index is -0.466. The fourth-order valence-electron chi connectivity index (χ4n) is 4.54. The Hall–Kier alpha value is -4.25. The average Bonchev–Trinajstić information content (AvgIpc) is 3.50. The Labute approximate surface area is 203 Å². The van der Waals surface area contributed by atoms with Crippen molar-refractivity contribution < 1.29 is 19.1 Å². The number of para-hydroxylation sites is 1. The number of carbonyl (C=O) groups excluding carboxylic acids is 2. The van der Waals surface area contributed by atoms with Crippen LogP contribution in [0.1, 0.15) is 30.4 Å². The molecule has 0 unspecified atom stereocenters. The summed E-state index contributed by atoms with van der Waals surface area (Å²) < 4.78 is 12.6. The van der Waals surface area contributed by atoms with Crippen molar-refractivity contribution in [1.82, 2.24) is 14.8 Å². The number of nitriles is 1. The van der Waals surface area contributed by atoms with Crippen LogP contribution in [0.4, 0.5) is 0 Å². The van der Waals surface area contributed by atoms with Gasteiger partial charge in [-0.3, -0.25) is 9.59 Å². The topological polar surface area (TPSA) is 96.6 Å². The summed E-state index contributed by atoms with van der Waals surface area (Å²) in [6.45, 7) is 2.26. The maximum absolute atomic E-state index is 12.9. The van der Waals surface area contributed by atoms with E-state index in [1.54, 1.807) is 12.1 Å². The molecule has 0 radical (unpaired) electrons. The van der Waals surface area contributed by atoms with Crippen LogP contribution in [0.25, 0.3) is 17.0 Å². The number of hydrogen-bond donors (Lipinski definition) is 1. The highest BCUT2D eigenvalue weighted by Gasteiger charge is 2.19. The highest BCUT2D eigenvalue weighted by Crippen LogP contribution is 2.32. The third-order valence-corrected chi connectivity index (χ3v) is 6.39. The number of nitrogens with zero attached hydrogens (tertiary/aromatic N) is 3. The molecule has 178 valence electrons. The second-order valence-electron chi connectivity index (χ2n) is 8.71. The molecular formula is C27H26N4O4. The van der Waals surface area contributed by atoms with Crippen LogP contribution in [0.2, 0.25) is 0 Å². The molecule has 2 aliphatic heterocycles. The van der Waals surface area contributed by atoms with Crippen molar-refractivity contribution in [2.45, 2.75) is 32.4 Å². The molecule has 0 aliphatic carbocycles. The fourth-order valence-corrected chi connectivity index (χ4v) is 4.54. The Morgan fingerprint density at radius 3 is 2.69 bits per heavy atom. The maximum Gasteiger partial charge on any atom is 0.262 e. The molecule has 1 aromatic heterocycles. The summed E-state index contributed by atoms with van der Waals surface area (Å²) in [6, 6.07) is 15.2. The highest BCUT2D eigenvalue weighted by molar-refractivity contribution is 6.04. The Bertz CT molecular complexity index is 1340. The van der Waals surface area contributed by atoms with Gasteiger partial charge in [0.05, 0.1) is 0 Å². The van der Waals surface area contributed by atoms with Crippen LogP contribution < -0.4 is 14.8 Å². The molecule has 0 saturated carbocycles. The van der Waals surface area contributed by atoms with Crippen molar-refractivity contribution in [2.24, 2.45) is 0 Å². The molecule has 2 aromatic carbocycles. The first kappa shape index (κ1) is 22.5. The van der Waals surface area contributed by atoms with E-state index < -0.39 is 5.91 Å². The van der Waals surface area contributed by atoms with E-state index in [0.29, 0.717) is 11.5 Å². The summed E-state index contributed by atoms with van der Waals surface area (Å²) in [5, 5.41) is 13.4. The Morgan fingerprint density at radius 1 is 1.06 bits per heavy atom. The van der Waals surface area contributed by atoms with Gasteiger partial charge in [0.2, 0.25) is 12.7 Å². The molecule has 3 heterocycles. The zero-order chi connectivity index (χ0) is 24.2. The van der Waals surface area contributed by atoms with Crippen LogP contribution in [-0.2, 0) is 22.7 Å². The predicted molar refractivity (Wildman–Crippen MR) is 130 cm³/mol. The molecule has 1 fully saturated rings. The molecule has 1 saturated heterocycles. The summed E-state index contributed by atoms with van der Waals surface area (Å²) in [6.07, 6.45) is 6.67. The monoisotopic (exact) mass is 470 g/mol. The number of nitrogens with one attached hydrogen (secondary N) is 1. The zero-order valence-electron chi connectivity index (χ0n) is 19.3. The first-order chi connectivity index (χ1) is 17.1. The molecule has 5 rings (SSSR count). The molecule has 2 amide bonds. The molecule has 35 heavy (non-hydrogen) atoms. The van der Waals surface area contributed by atoms with Gasteiger partial charge >= 0.3 is 0 Å². The third-order valence-electron chi connectivity index (χ3n) is 6.39. The van der Waals surface area contributed by atoms with Gasteiger partial charge in [0.1, 0.15) is 18.2 Å². The Balaban J connectivity index is 1.34. The quantitative estimate of drug-likeness (QED) is 0.439. The summed E-state index contributed by atoms with van der Waals surface area (Å²) in [5.74, 6) is 0.932. The summed E-state index contributed by atoms with van der Waals surface area (Å²) in [5.41, 5.74) is 2.45. The van der Waals surface area contributed by atoms with Crippen molar-refractivity contribution in [2.75, 3.05) is 19.9 Å². The third kappa shape index (κ3) is 4.85. The van der Waals surface area contributed by atoms with Gasteiger partial charge in [0.15, 0.2) is 11.5 Å². The normalized spacial score (nSPS) is 15.2. The lowest BCUT2D eigenvalue weighted by molar-refractivity contribution is -0.132. The molecule has 3 aromatic rings. The summed E-state index contributed by atoms with van der Waals surface area (Å²) >= 11 is 0. The van der Waals surface area contributed by atoms with E-state index in [9.17, 15) is 14.9 Å². The Morgan fingerprint density at radius 2 is 1.86 bits per heavy atom. The number of piperidine rings is 1. The van der Waals surface area contributed by atoms with Gasteiger partial charge in [-0.2, -0.15) is 5.26 Å². The molecule has 2 aliphatic rings. The van der Waals surface area contributed by atoms with E-state index >= 15 is 0 Å². The number of aromatic nitrogens is 1. The second kappa shape index (κ2) is 9.94. The van der Waals surface area contributed by atoms with Crippen LogP contribution in [0, 0.1) is 11.3 Å². The van der Waals surface area contributed by atoms with Crippen LogP contribution >= 0.6 is 0 Å². The van der Waals surface area contributed by atoms with Gasteiger partial charge in [0.25, 0.3) is 5.91 Å². The van der Waals surface area contributed by atoms with Crippen LogP contribution in [0.5, 0.6) is 11.5 Å². The number of likely N-dealkylation sites (tertiary alicyclic amines) is 1. The van der Waals surface area contributed by atoms with Gasteiger partial charge in [-0.25, -0.2) is 0 Å². The number of amides is 2. The lowest BCUT2D eigenvalue weighted by atomic mass is 10.1. The van der Waals surface area contributed by atoms with Crippen LogP contribution in [0.15, 0.2) is 54.2 Å². The van der Waals surface area contributed by atoms with Crippen molar-refractivity contribution >= 4 is 28.8 Å². The smallest absolute Gasteiger partial charge is 0.262 e.